The van der Waals surface area contributed by atoms with Crippen LogP contribution in [0.3, 0.4) is 0 Å². The van der Waals surface area contributed by atoms with Gasteiger partial charge in [0, 0.05) is 19.5 Å². The summed E-state index contributed by atoms with van der Waals surface area (Å²) in [7, 11) is 0. The van der Waals surface area contributed by atoms with E-state index in [-0.39, 0.29) is 17.4 Å². The smallest absolute Gasteiger partial charge is 0.227 e. The van der Waals surface area contributed by atoms with E-state index in [2.05, 4.69) is 6.07 Å². The standard InChI is InChI=1S/C21H28N2O3/c1-16-5-4-6-17(9-16)10-20(25)23-14-21(15-23)12-18(13-26-21)11-19(24)22-7-2-3-8-22/h4-6,9,18H,2-3,7-8,10-15H2,1H3. The Balaban J connectivity index is 1.25. The summed E-state index contributed by atoms with van der Waals surface area (Å²) in [5, 5.41) is 0. The maximum Gasteiger partial charge on any atom is 0.227 e. The summed E-state index contributed by atoms with van der Waals surface area (Å²) < 4.78 is 6.04. The first kappa shape index (κ1) is 17.5. The van der Waals surface area contributed by atoms with Gasteiger partial charge in [-0.3, -0.25) is 9.59 Å². The Hall–Kier alpha value is -1.88. The molecule has 0 aliphatic carbocycles. The molecule has 2 amide bonds. The second kappa shape index (κ2) is 7.03. The van der Waals surface area contributed by atoms with Gasteiger partial charge in [-0.25, -0.2) is 0 Å². The average Bonchev–Trinajstić information content (AvgIpc) is 3.23. The molecule has 3 aliphatic rings. The fourth-order valence-corrected chi connectivity index (χ4v) is 4.57. The first-order valence-electron chi connectivity index (χ1n) is 9.78. The van der Waals surface area contributed by atoms with Crippen molar-refractivity contribution in [1.29, 1.82) is 0 Å². The Kier molecular flexibility index (Phi) is 4.74. The van der Waals surface area contributed by atoms with E-state index in [9.17, 15) is 9.59 Å². The van der Waals surface area contributed by atoms with Crippen LogP contribution >= 0.6 is 0 Å². The summed E-state index contributed by atoms with van der Waals surface area (Å²) in [6, 6.07) is 8.12. The van der Waals surface area contributed by atoms with E-state index in [1.54, 1.807) is 0 Å². The number of aryl methyl sites for hydroxylation is 1. The van der Waals surface area contributed by atoms with E-state index < -0.39 is 0 Å². The summed E-state index contributed by atoms with van der Waals surface area (Å²) in [5.41, 5.74) is 2.05. The molecule has 3 heterocycles. The summed E-state index contributed by atoms with van der Waals surface area (Å²) in [5.74, 6) is 0.749. The number of carbonyl (C=O) groups is 2. The predicted octanol–water partition coefficient (Wildman–Crippen LogP) is 2.17. The van der Waals surface area contributed by atoms with Gasteiger partial charge in [0.1, 0.15) is 5.60 Å². The molecule has 1 aromatic carbocycles. The van der Waals surface area contributed by atoms with Crippen molar-refractivity contribution in [3.8, 4) is 0 Å². The molecule has 0 radical (unpaired) electrons. The van der Waals surface area contributed by atoms with Crippen LogP contribution in [-0.2, 0) is 20.7 Å². The first-order chi connectivity index (χ1) is 12.5. The van der Waals surface area contributed by atoms with E-state index >= 15 is 0 Å². The summed E-state index contributed by atoms with van der Waals surface area (Å²) in [6.07, 6.45) is 4.22. The topological polar surface area (TPSA) is 49.9 Å². The molecule has 1 atom stereocenters. The van der Waals surface area contributed by atoms with Crippen LogP contribution in [0.25, 0.3) is 0 Å². The minimum atomic E-state index is -0.196. The van der Waals surface area contributed by atoms with Gasteiger partial charge in [0.05, 0.1) is 26.1 Å². The van der Waals surface area contributed by atoms with Gasteiger partial charge < -0.3 is 14.5 Å². The van der Waals surface area contributed by atoms with Crippen molar-refractivity contribution in [2.75, 3.05) is 32.8 Å². The SMILES string of the molecule is Cc1cccc(CC(=O)N2CC3(CC(CC(=O)N4CCCC4)CO3)C2)c1. The molecule has 3 fully saturated rings. The fraction of sp³-hybridized carbons (Fsp3) is 0.619. The van der Waals surface area contributed by atoms with Crippen LogP contribution < -0.4 is 0 Å². The lowest BCUT2D eigenvalue weighted by atomic mass is 9.85. The number of carbonyl (C=O) groups excluding carboxylic acids is 2. The minimum absolute atomic E-state index is 0.168. The molecule has 5 nitrogen and oxygen atoms in total. The largest absolute Gasteiger partial charge is 0.371 e. The van der Waals surface area contributed by atoms with Gasteiger partial charge in [-0.05, 0) is 37.7 Å². The monoisotopic (exact) mass is 356 g/mol. The number of likely N-dealkylation sites (tertiary alicyclic amines) is 2. The molecule has 4 rings (SSSR count). The van der Waals surface area contributed by atoms with Crippen LogP contribution in [0.2, 0.25) is 0 Å². The van der Waals surface area contributed by atoms with E-state index in [0.29, 0.717) is 38.5 Å². The molecule has 140 valence electrons. The quantitative estimate of drug-likeness (QED) is 0.831. The lowest BCUT2D eigenvalue weighted by molar-refractivity contribution is -0.157. The van der Waals surface area contributed by atoms with Crippen molar-refractivity contribution < 1.29 is 14.3 Å². The summed E-state index contributed by atoms with van der Waals surface area (Å²) in [6.45, 7) is 5.87. The van der Waals surface area contributed by atoms with Crippen LogP contribution in [0.1, 0.15) is 36.8 Å². The van der Waals surface area contributed by atoms with E-state index in [0.717, 1.165) is 37.9 Å². The molecule has 0 N–H and O–H groups in total. The molecule has 0 aromatic heterocycles. The summed E-state index contributed by atoms with van der Waals surface area (Å²) >= 11 is 0. The van der Waals surface area contributed by atoms with Crippen LogP contribution in [-0.4, -0.2) is 60.0 Å². The van der Waals surface area contributed by atoms with Crippen molar-refractivity contribution in [3.05, 3.63) is 35.4 Å². The zero-order chi connectivity index (χ0) is 18.1. The number of benzene rings is 1. The van der Waals surface area contributed by atoms with Crippen molar-refractivity contribution in [3.63, 3.8) is 0 Å². The number of amides is 2. The molecule has 5 heteroatoms. The Morgan fingerprint density at radius 1 is 1.15 bits per heavy atom. The molecule has 1 unspecified atom stereocenters. The van der Waals surface area contributed by atoms with Crippen LogP contribution in [0.15, 0.2) is 24.3 Å². The lowest BCUT2D eigenvalue weighted by Crippen LogP contribution is -2.63. The third-order valence-corrected chi connectivity index (χ3v) is 5.96. The van der Waals surface area contributed by atoms with Crippen molar-refractivity contribution in [1.82, 2.24) is 9.80 Å². The van der Waals surface area contributed by atoms with E-state index in [1.165, 1.54) is 5.56 Å². The predicted molar refractivity (Wildman–Crippen MR) is 98.7 cm³/mol. The van der Waals surface area contributed by atoms with Crippen molar-refractivity contribution >= 4 is 11.8 Å². The maximum absolute atomic E-state index is 12.5. The van der Waals surface area contributed by atoms with Gasteiger partial charge in [0.15, 0.2) is 0 Å². The van der Waals surface area contributed by atoms with Crippen molar-refractivity contribution in [2.24, 2.45) is 5.92 Å². The highest BCUT2D eigenvalue weighted by molar-refractivity contribution is 5.80. The van der Waals surface area contributed by atoms with Gasteiger partial charge in [-0.15, -0.1) is 0 Å². The highest BCUT2D eigenvalue weighted by Gasteiger charge is 2.51. The second-order valence-corrected chi connectivity index (χ2v) is 8.27. The third-order valence-electron chi connectivity index (χ3n) is 5.96. The van der Waals surface area contributed by atoms with Crippen LogP contribution in [0.5, 0.6) is 0 Å². The molecular weight excluding hydrogens is 328 g/mol. The Morgan fingerprint density at radius 3 is 2.65 bits per heavy atom. The van der Waals surface area contributed by atoms with E-state index in [4.69, 9.17) is 4.74 Å². The zero-order valence-corrected chi connectivity index (χ0v) is 15.6. The molecule has 0 bridgehead atoms. The van der Waals surface area contributed by atoms with Crippen LogP contribution in [0, 0.1) is 12.8 Å². The Labute approximate surface area is 155 Å². The maximum atomic E-state index is 12.5. The van der Waals surface area contributed by atoms with Crippen LogP contribution in [0.4, 0.5) is 0 Å². The first-order valence-corrected chi connectivity index (χ1v) is 9.78. The number of ether oxygens (including phenoxy) is 1. The van der Waals surface area contributed by atoms with E-state index in [1.807, 2.05) is 34.9 Å². The average molecular weight is 356 g/mol. The Morgan fingerprint density at radius 2 is 1.92 bits per heavy atom. The number of hydrogen-bond donors (Lipinski definition) is 0. The zero-order valence-electron chi connectivity index (χ0n) is 15.6. The van der Waals surface area contributed by atoms with Gasteiger partial charge in [0.2, 0.25) is 11.8 Å². The third kappa shape index (κ3) is 3.63. The summed E-state index contributed by atoms with van der Waals surface area (Å²) in [4.78, 5) is 28.7. The fourth-order valence-electron chi connectivity index (χ4n) is 4.57. The van der Waals surface area contributed by atoms with Gasteiger partial charge >= 0.3 is 0 Å². The molecule has 0 saturated carbocycles. The second-order valence-electron chi connectivity index (χ2n) is 8.27. The van der Waals surface area contributed by atoms with Crippen molar-refractivity contribution in [2.45, 2.75) is 44.6 Å². The molecular formula is C21H28N2O3. The molecule has 3 aliphatic heterocycles. The molecule has 1 aromatic rings. The number of rotatable bonds is 4. The number of nitrogens with zero attached hydrogens (tertiary/aromatic N) is 2. The lowest BCUT2D eigenvalue weighted by Gasteiger charge is -2.47. The normalized spacial score (nSPS) is 24.1. The minimum Gasteiger partial charge on any atom is -0.371 e. The van der Waals surface area contributed by atoms with Gasteiger partial charge in [0.25, 0.3) is 0 Å². The molecule has 1 spiro atoms. The highest BCUT2D eigenvalue weighted by atomic mass is 16.5. The van der Waals surface area contributed by atoms with Gasteiger partial charge in [-0.2, -0.15) is 0 Å². The molecule has 3 saturated heterocycles. The number of hydrogen-bond acceptors (Lipinski definition) is 3. The highest BCUT2D eigenvalue weighted by Crippen LogP contribution is 2.39. The Bertz CT molecular complexity index is 690. The van der Waals surface area contributed by atoms with Gasteiger partial charge in [-0.1, -0.05) is 29.8 Å². The molecule has 26 heavy (non-hydrogen) atoms.